The highest BCUT2D eigenvalue weighted by molar-refractivity contribution is 7.91. The average molecular weight is 340 g/mol. The van der Waals surface area contributed by atoms with Gasteiger partial charge in [0.1, 0.15) is 0 Å². The fourth-order valence-electron chi connectivity index (χ4n) is 1.80. The lowest BCUT2D eigenvalue weighted by atomic mass is 9.78. The van der Waals surface area contributed by atoms with Crippen LogP contribution in [0.25, 0.3) is 0 Å². The predicted octanol–water partition coefficient (Wildman–Crippen LogP) is 0.303. The molecule has 0 fully saturated rings. The molecule has 126 valence electrons. The zero-order chi connectivity index (χ0) is 17.1. The molecule has 0 amide bonds. The molecule has 0 unspecified atom stereocenters. The van der Waals surface area contributed by atoms with Crippen molar-refractivity contribution in [3.63, 3.8) is 0 Å². The van der Waals surface area contributed by atoms with Crippen LogP contribution in [0.15, 0.2) is 24.3 Å². The fraction of sp³-hybridized carbons (Fsp3) is 0.429. The van der Waals surface area contributed by atoms with Crippen molar-refractivity contribution >= 4 is 37.3 Å². The van der Waals surface area contributed by atoms with Crippen molar-refractivity contribution < 1.29 is 23.5 Å². The van der Waals surface area contributed by atoms with E-state index in [0.29, 0.717) is 30.8 Å². The molecule has 2 N–H and O–H groups in total. The van der Waals surface area contributed by atoms with Gasteiger partial charge in [0, 0.05) is 12.0 Å². The molecule has 0 aliphatic heterocycles. The van der Waals surface area contributed by atoms with Crippen LogP contribution in [-0.2, 0) is 25.3 Å². The highest BCUT2D eigenvalue weighted by atomic mass is 32.2. The van der Waals surface area contributed by atoms with Gasteiger partial charge in [-0.15, -0.1) is 0 Å². The molecular formula is C14H21BN2O5S. The summed E-state index contributed by atoms with van der Waals surface area (Å²) in [5.41, 5.74) is 1.62. The van der Waals surface area contributed by atoms with E-state index in [9.17, 15) is 9.59 Å². The van der Waals surface area contributed by atoms with Crippen LogP contribution in [0.2, 0.25) is 0 Å². The zero-order valence-electron chi connectivity index (χ0n) is 13.2. The largest absolute Gasteiger partial charge is 0.636 e. The number of nitrogens with one attached hydrogen (secondary N) is 1. The summed E-state index contributed by atoms with van der Waals surface area (Å²) >= 11 is 0.579. The minimum atomic E-state index is -1.05. The molecule has 0 aliphatic carbocycles. The number of nitrogens with zero attached hydrogens (tertiary/aromatic N) is 1. The SMILES string of the molecule is CCN(C)CC(=O)OB(OC=O)c1ccc(CCNSO)cc1. The molecule has 0 atom stereocenters. The maximum Gasteiger partial charge on any atom is 0.636 e. The first kappa shape index (κ1) is 19.5. The lowest BCUT2D eigenvalue weighted by Gasteiger charge is -2.16. The highest BCUT2D eigenvalue weighted by Gasteiger charge is 2.28. The molecule has 0 saturated carbocycles. The summed E-state index contributed by atoms with van der Waals surface area (Å²) in [6.45, 7) is 3.64. The Bertz CT molecular complexity index is 489. The van der Waals surface area contributed by atoms with Crippen LogP contribution in [0.4, 0.5) is 0 Å². The second-order valence-electron chi connectivity index (χ2n) is 4.86. The van der Waals surface area contributed by atoms with Gasteiger partial charge in [-0.1, -0.05) is 31.2 Å². The van der Waals surface area contributed by atoms with Crippen molar-refractivity contribution in [2.45, 2.75) is 13.3 Å². The Morgan fingerprint density at radius 2 is 2.13 bits per heavy atom. The molecule has 0 aromatic heterocycles. The Kier molecular flexibility index (Phi) is 9.38. The number of rotatable bonds is 11. The molecule has 0 spiro atoms. The van der Waals surface area contributed by atoms with Crippen molar-refractivity contribution in [3.05, 3.63) is 29.8 Å². The minimum Gasteiger partial charge on any atom is -0.498 e. The third kappa shape index (κ3) is 7.51. The van der Waals surface area contributed by atoms with Crippen molar-refractivity contribution in [1.29, 1.82) is 0 Å². The quantitative estimate of drug-likeness (QED) is 0.196. The van der Waals surface area contributed by atoms with Crippen LogP contribution in [0.5, 0.6) is 0 Å². The Morgan fingerprint density at radius 1 is 1.43 bits per heavy atom. The molecule has 9 heteroatoms. The normalized spacial score (nSPS) is 10.4. The molecule has 23 heavy (non-hydrogen) atoms. The predicted molar refractivity (Wildman–Crippen MR) is 90.2 cm³/mol. The van der Waals surface area contributed by atoms with Crippen LogP contribution in [0.3, 0.4) is 0 Å². The van der Waals surface area contributed by atoms with Crippen LogP contribution in [0, 0.1) is 0 Å². The van der Waals surface area contributed by atoms with E-state index in [4.69, 9.17) is 13.9 Å². The van der Waals surface area contributed by atoms with Crippen molar-refractivity contribution in [1.82, 2.24) is 9.62 Å². The number of carbonyl (C=O) groups excluding carboxylic acids is 2. The summed E-state index contributed by atoms with van der Waals surface area (Å²) in [5.74, 6) is -0.463. The molecular weight excluding hydrogens is 319 g/mol. The lowest BCUT2D eigenvalue weighted by molar-refractivity contribution is -0.137. The number of benzene rings is 1. The topological polar surface area (TPSA) is 88.1 Å². The fourth-order valence-corrected chi connectivity index (χ4v) is 1.99. The van der Waals surface area contributed by atoms with Gasteiger partial charge in [-0.25, -0.2) is 4.72 Å². The first-order valence-corrected chi connectivity index (χ1v) is 7.97. The van der Waals surface area contributed by atoms with Crippen LogP contribution in [-0.4, -0.2) is 55.7 Å². The van der Waals surface area contributed by atoms with Crippen molar-refractivity contribution in [3.8, 4) is 0 Å². The number of carbonyl (C=O) groups is 2. The number of hydrogen-bond acceptors (Lipinski definition) is 8. The van der Waals surface area contributed by atoms with E-state index in [2.05, 4.69) is 4.72 Å². The molecule has 1 aromatic carbocycles. The molecule has 7 nitrogen and oxygen atoms in total. The standard InChI is InChI=1S/C14H21BN2O5S/c1-3-17(2)10-14(19)22-15(21-11-18)13-6-4-12(5-7-13)8-9-16-23-20/h4-7,11,16,20H,3,8-10H2,1-2H3. The van der Waals surface area contributed by atoms with Gasteiger partial charge in [0.2, 0.25) is 0 Å². The van der Waals surface area contributed by atoms with Gasteiger partial charge in [0.05, 0.1) is 18.8 Å². The Hall–Kier alpha value is -1.55. The number of hydrogen-bond donors (Lipinski definition) is 2. The van der Waals surface area contributed by atoms with E-state index >= 15 is 0 Å². The van der Waals surface area contributed by atoms with Crippen molar-refractivity contribution in [2.24, 2.45) is 0 Å². The van der Waals surface area contributed by atoms with E-state index in [1.165, 1.54) is 0 Å². The third-order valence-electron chi connectivity index (χ3n) is 3.19. The first-order valence-electron chi connectivity index (χ1n) is 7.20. The Balaban J connectivity index is 2.65. The summed E-state index contributed by atoms with van der Waals surface area (Å²) < 4.78 is 21.4. The third-order valence-corrected chi connectivity index (χ3v) is 3.52. The molecule has 0 aliphatic rings. The summed E-state index contributed by atoms with van der Waals surface area (Å²) in [6.07, 6.45) is 0.730. The second kappa shape index (κ2) is 11.1. The van der Waals surface area contributed by atoms with Gasteiger partial charge in [0.25, 0.3) is 6.47 Å². The summed E-state index contributed by atoms with van der Waals surface area (Å²) in [5, 5.41) is 0. The van der Waals surface area contributed by atoms with E-state index in [0.717, 1.165) is 12.0 Å². The van der Waals surface area contributed by atoms with Gasteiger partial charge in [-0.3, -0.25) is 14.5 Å². The zero-order valence-corrected chi connectivity index (χ0v) is 14.0. The highest BCUT2D eigenvalue weighted by Crippen LogP contribution is 2.01. The second-order valence-corrected chi connectivity index (χ2v) is 5.33. The summed E-state index contributed by atoms with van der Waals surface area (Å²) in [4.78, 5) is 24.2. The van der Waals surface area contributed by atoms with Crippen LogP contribution in [0.1, 0.15) is 12.5 Å². The van der Waals surface area contributed by atoms with E-state index in [-0.39, 0.29) is 13.0 Å². The van der Waals surface area contributed by atoms with Gasteiger partial charge in [0.15, 0.2) is 0 Å². The molecule has 1 aromatic rings. The number of likely N-dealkylation sites (N-methyl/N-ethyl adjacent to an activating group) is 1. The molecule has 0 heterocycles. The lowest BCUT2D eigenvalue weighted by Crippen LogP contribution is -2.41. The Morgan fingerprint density at radius 3 is 2.70 bits per heavy atom. The van der Waals surface area contributed by atoms with Crippen molar-refractivity contribution in [2.75, 3.05) is 26.7 Å². The van der Waals surface area contributed by atoms with Crippen LogP contribution < -0.4 is 10.2 Å². The Labute approximate surface area is 140 Å². The maximum absolute atomic E-state index is 11.8. The van der Waals surface area contributed by atoms with E-state index in [1.807, 2.05) is 19.1 Å². The van der Waals surface area contributed by atoms with Crippen LogP contribution >= 0.6 is 12.2 Å². The molecule has 0 radical (unpaired) electrons. The van der Waals surface area contributed by atoms with E-state index < -0.39 is 13.1 Å². The van der Waals surface area contributed by atoms with E-state index in [1.54, 1.807) is 24.1 Å². The first-order chi connectivity index (χ1) is 11.1. The average Bonchev–Trinajstić information content (AvgIpc) is 2.55. The van der Waals surface area contributed by atoms with Gasteiger partial charge >= 0.3 is 13.1 Å². The maximum atomic E-state index is 11.8. The monoisotopic (exact) mass is 340 g/mol. The smallest absolute Gasteiger partial charge is 0.498 e. The summed E-state index contributed by atoms with van der Waals surface area (Å²) in [6, 6.07) is 7.19. The van der Waals surface area contributed by atoms with Gasteiger partial charge in [-0.2, -0.15) is 0 Å². The van der Waals surface area contributed by atoms with Gasteiger partial charge < -0.3 is 13.9 Å². The molecule has 1 rings (SSSR count). The molecule has 0 bridgehead atoms. The summed E-state index contributed by atoms with van der Waals surface area (Å²) in [7, 11) is 0.745. The molecule has 0 saturated heterocycles. The minimum absolute atomic E-state index is 0.123. The van der Waals surface area contributed by atoms with Gasteiger partial charge in [-0.05, 0) is 25.6 Å².